The van der Waals surface area contributed by atoms with Crippen molar-refractivity contribution in [2.45, 2.75) is 19.3 Å². The van der Waals surface area contributed by atoms with Gasteiger partial charge in [-0.3, -0.25) is 0 Å². The van der Waals surface area contributed by atoms with E-state index < -0.39 is 0 Å². The molecule has 50 heavy (non-hydrogen) atoms. The van der Waals surface area contributed by atoms with Crippen LogP contribution in [0.4, 0.5) is 22.7 Å². The molecule has 1 aliphatic rings. The first-order chi connectivity index (χ1) is 24.5. The van der Waals surface area contributed by atoms with E-state index in [0.717, 1.165) is 39.0 Å². The molecule has 0 N–H and O–H groups in total. The molecule has 1 aliphatic carbocycles. The van der Waals surface area contributed by atoms with Gasteiger partial charge in [0.15, 0.2) is 5.69 Å². The monoisotopic (exact) mass is 638 g/mol. The lowest BCUT2D eigenvalue weighted by molar-refractivity contribution is 0.660. The Kier molecular flexibility index (Phi) is 6.90. The molecule has 0 saturated carbocycles. The third-order valence-corrected chi connectivity index (χ3v) is 10.4. The summed E-state index contributed by atoms with van der Waals surface area (Å²) in [6, 6.07) is 61.2. The topological polar surface area (TPSA) is 7.60 Å². The van der Waals surface area contributed by atoms with Crippen LogP contribution in [-0.2, 0) is 5.41 Å². The van der Waals surface area contributed by atoms with E-state index in [4.69, 9.17) is 6.57 Å². The van der Waals surface area contributed by atoms with Gasteiger partial charge in [-0.25, -0.2) is 4.85 Å². The summed E-state index contributed by atoms with van der Waals surface area (Å²) in [5.74, 6) is 0. The smallest absolute Gasteiger partial charge is 0.187 e. The molecule has 9 rings (SSSR count). The third kappa shape index (κ3) is 4.95. The molecule has 2 heteroatoms. The standard InChI is InChI=1S/C48H34N2/c1-48(2)46-11-7-6-10-44(46)45-27-26-43(31-47(45)48)50(41-22-17-33(18-23-41)36-13-12-32-8-4-5-9-35(32)28-36)42-24-19-34(20-25-42)37-14-15-39-30-40(49-3)21-16-38(39)29-37/h4-31H,1-2H3. The van der Waals surface area contributed by atoms with Crippen molar-refractivity contribution in [3.05, 3.63) is 192 Å². The van der Waals surface area contributed by atoms with Crippen molar-refractivity contribution in [1.82, 2.24) is 0 Å². The second-order valence-corrected chi connectivity index (χ2v) is 13.7. The minimum Gasteiger partial charge on any atom is -0.310 e. The van der Waals surface area contributed by atoms with Crippen LogP contribution in [0.5, 0.6) is 0 Å². The maximum Gasteiger partial charge on any atom is 0.187 e. The van der Waals surface area contributed by atoms with Crippen LogP contribution >= 0.6 is 0 Å². The number of hydrogen-bond donors (Lipinski definition) is 0. The first-order valence-corrected chi connectivity index (χ1v) is 17.1. The molecule has 0 aliphatic heterocycles. The van der Waals surface area contributed by atoms with E-state index in [1.54, 1.807) is 0 Å². The van der Waals surface area contributed by atoms with Crippen molar-refractivity contribution >= 4 is 44.3 Å². The quantitative estimate of drug-likeness (QED) is 0.170. The normalized spacial score (nSPS) is 12.7. The summed E-state index contributed by atoms with van der Waals surface area (Å²) in [7, 11) is 0. The second-order valence-electron chi connectivity index (χ2n) is 13.7. The summed E-state index contributed by atoms with van der Waals surface area (Å²) >= 11 is 0. The van der Waals surface area contributed by atoms with Crippen LogP contribution in [0.1, 0.15) is 25.0 Å². The van der Waals surface area contributed by atoms with Crippen molar-refractivity contribution in [1.29, 1.82) is 0 Å². The molecule has 236 valence electrons. The Morgan fingerprint density at radius 1 is 0.420 bits per heavy atom. The molecule has 0 amide bonds. The van der Waals surface area contributed by atoms with Crippen LogP contribution in [0.2, 0.25) is 0 Å². The SMILES string of the molecule is [C-]#[N+]c1ccc2cc(-c3ccc(N(c4ccc(-c5ccc6ccccc6c5)cc4)c4ccc5c(c4)C(C)(C)c4ccccc4-5)cc3)ccc2c1. The van der Waals surface area contributed by atoms with Crippen LogP contribution < -0.4 is 4.90 Å². The predicted molar refractivity (Wildman–Crippen MR) is 211 cm³/mol. The zero-order valence-electron chi connectivity index (χ0n) is 28.1. The van der Waals surface area contributed by atoms with E-state index in [1.165, 1.54) is 44.2 Å². The number of nitrogens with zero attached hydrogens (tertiary/aromatic N) is 2. The van der Waals surface area contributed by atoms with Gasteiger partial charge in [0.1, 0.15) is 0 Å². The summed E-state index contributed by atoms with van der Waals surface area (Å²) in [6.07, 6.45) is 0. The molecule has 0 heterocycles. The molecule has 0 aromatic heterocycles. The maximum atomic E-state index is 7.36. The summed E-state index contributed by atoms with van der Waals surface area (Å²) in [4.78, 5) is 5.97. The first-order valence-electron chi connectivity index (χ1n) is 17.1. The Labute approximate surface area is 293 Å². The fraction of sp³-hybridized carbons (Fsp3) is 0.0625. The Bertz CT molecular complexity index is 2620. The van der Waals surface area contributed by atoms with E-state index in [9.17, 15) is 0 Å². The number of benzene rings is 8. The highest BCUT2D eigenvalue weighted by atomic mass is 15.1. The van der Waals surface area contributed by atoms with Gasteiger partial charge in [-0.05, 0) is 121 Å². The molecule has 2 nitrogen and oxygen atoms in total. The van der Waals surface area contributed by atoms with Crippen molar-refractivity contribution < 1.29 is 0 Å². The van der Waals surface area contributed by atoms with E-state index >= 15 is 0 Å². The molecule has 0 spiro atoms. The zero-order chi connectivity index (χ0) is 33.8. The van der Waals surface area contributed by atoms with Crippen molar-refractivity contribution in [2.75, 3.05) is 4.90 Å². The lowest BCUT2D eigenvalue weighted by Crippen LogP contribution is -2.16. The van der Waals surface area contributed by atoms with E-state index in [0.29, 0.717) is 5.69 Å². The Hall–Kier alpha value is -6.43. The summed E-state index contributed by atoms with van der Waals surface area (Å²) in [5, 5.41) is 4.71. The number of fused-ring (bicyclic) bond motifs is 5. The molecule has 0 fully saturated rings. The molecule has 0 saturated heterocycles. The molecule has 0 unspecified atom stereocenters. The highest BCUT2D eigenvalue weighted by Gasteiger charge is 2.35. The predicted octanol–water partition coefficient (Wildman–Crippen LogP) is 13.7. The largest absolute Gasteiger partial charge is 0.310 e. The third-order valence-electron chi connectivity index (χ3n) is 10.4. The highest BCUT2D eigenvalue weighted by Crippen LogP contribution is 2.50. The van der Waals surface area contributed by atoms with Crippen molar-refractivity contribution in [3.63, 3.8) is 0 Å². The van der Waals surface area contributed by atoms with Gasteiger partial charge in [0.05, 0.1) is 6.57 Å². The van der Waals surface area contributed by atoms with Crippen molar-refractivity contribution in [3.8, 4) is 33.4 Å². The molecular weight excluding hydrogens is 605 g/mol. The molecule has 0 bridgehead atoms. The van der Waals surface area contributed by atoms with Gasteiger partial charge in [-0.1, -0.05) is 129 Å². The van der Waals surface area contributed by atoms with E-state index in [1.807, 2.05) is 18.2 Å². The lowest BCUT2D eigenvalue weighted by atomic mass is 9.82. The van der Waals surface area contributed by atoms with Gasteiger partial charge < -0.3 is 4.90 Å². The van der Waals surface area contributed by atoms with Gasteiger partial charge in [0, 0.05) is 22.5 Å². The lowest BCUT2D eigenvalue weighted by Gasteiger charge is -2.28. The van der Waals surface area contributed by atoms with Gasteiger partial charge in [-0.15, -0.1) is 0 Å². The Morgan fingerprint density at radius 3 is 1.60 bits per heavy atom. The van der Waals surface area contributed by atoms with E-state index in [2.05, 4.69) is 175 Å². The van der Waals surface area contributed by atoms with Gasteiger partial charge >= 0.3 is 0 Å². The van der Waals surface area contributed by atoms with Crippen LogP contribution in [0, 0.1) is 6.57 Å². The van der Waals surface area contributed by atoms with Crippen LogP contribution in [0.3, 0.4) is 0 Å². The Balaban J connectivity index is 1.12. The number of anilines is 3. The van der Waals surface area contributed by atoms with Crippen molar-refractivity contribution in [2.24, 2.45) is 0 Å². The zero-order valence-corrected chi connectivity index (χ0v) is 28.1. The molecular formula is C48H34N2. The van der Waals surface area contributed by atoms with Crippen LogP contribution in [-0.4, -0.2) is 0 Å². The maximum absolute atomic E-state index is 7.36. The summed E-state index contributed by atoms with van der Waals surface area (Å²) in [5.41, 5.74) is 14.0. The highest BCUT2D eigenvalue weighted by molar-refractivity contribution is 5.91. The summed E-state index contributed by atoms with van der Waals surface area (Å²) < 4.78 is 0. The van der Waals surface area contributed by atoms with Crippen LogP contribution in [0.15, 0.2) is 170 Å². The fourth-order valence-corrected chi connectivity index (χ4v) is 7.74. The number of rotatable bonds is 5. The van der Waals surface area contributed by atoms with Gasteiger partial charge in [0.2, 0.25) is 0 Å². The molecule has 8 aromatic rings. The minimum absolute atomic E-state index is 0.0942. The minimum atomic E-state index is -0.0942. The fourth-order valence-electron chi connectivity index (χ4n) is 7.74. The average Bonchev–Trinajstić information content (AvgIpc) is 3.40. The molecule has 0 radical (unpaired) electrons. The second kappa shape index (κ2) is 11.6. The van der Waals surface area contributed by atoms with Gasteiger partial charge in [-0.2, -0.15) is 0 Å². The average molecular weight is 639 g/mol. The number of hydrogen-bond acceptors (Lipinski definition) is 1. The molecule has 0 atom stereocenters. The van der Waals surface area contributed by atoms with Gasteiger partial charge in [0.25, 0.3) is 0 Å². The Morgan fingerprint density at radius 2 is 0.920 bits per heavy atom. The van der Waals surface area contributed by atoms with Crippen LogP contribution in [0.25, 0.3) is 59.8 Å². The van der Waals surface area contributed by atoms with E-state index in [-0.39, 0.29) is 5.41 Å². The molecule has 8 aromatic carbocycles. The summed E-state index contributed by atoms with van der Waals surface area (Å²) in [6.45, 7) is 12.0. The first kappa shape index (κ1) is 29.7.